The standard InChI is InChI=1S/C26H28FN3O4/c1-18-4-8-21(9-5-18)29-26(32)28-15-19-3-2-14-30(16-19)25(31)24-13-12-23(34-24)17-33-22-10-6-20(27)7-11-22/h4-13,19H,2-3,14-17H2,1H3,(H2,28,29,32). The number of hydrogen-bond donors (Lipinski definition) is 2. The van der Waals surface area contributed by atoms with Crippen LogP contribution in [0.25, 0.3) is 0 Å². The van der Waals surface area contributed by atoms with E-state index in [1.165, 1.54) is 24.3 Å². The molecule has 0 spiro atoms. The van der Waals surface area contributed by atoms with Crippen LogP contribution in [0.4, 0.5) is 14.9 Å². The van der Waals surface area contributed by atoms with E-state index in [-0.39, 0.29) is 36.0 Å². The fourth-order valence-electron chi connectivity index (χ4n) is 3.88. The highest BCUT2D eigenvalue weighted by Gasteiger charge is 2.26. The lowest BCUT2D eigenvalue weighted by Crippen LogP contribution is -2.44. The molecule has 2 aromatic carbocycles. The summed E-state index contributed by atoms with van der Waals surface area (Å²) in [5, 5.41) is 5.72. The summed E-state index contributed by atoms with van der Waals surface area (Å²) in [4.78, 5) is 26.9. The molecular weight excluding hydrogens is 437 g/mol. The lowest BCUT2D eigenvalue weighted by atomic mass is 9.98. The number of carbonyl (C=O) groups excluding carboxylic acids is 2. The van der Waals surface area contributed by atoms with Gasteiger partial charge in [0.2, 0.25) is 0 Å². The zero-order valence-corrected chi connectivity index (χ0v) is 19.1. The van der Waals surface area contributed by atoms with Crippen LogP contribution in [0.1, 0.15) is 34.7 Å². The van der Waals surface area contributed by atoms with E-state index in [1.54, 1.807) is 17.0 Å². The van der Waals surface area contributed by atoms with Gasteiger partial charge in [-0.1, -0.05) is 17.7 Å². The molecule has 1 fully saturated rings. The molecule has 0 bridgehead atoms. The molecule has 1 aromatic heterocycles. The van der Waals surface area contributed by atoms with Crippen LogP contribution < -0.4 is 15.4 Å². The molecule has 3 aromatic rings. The van der Waals surface area contributed by atoms with Crippen LogP contribution in [-0.2, 0) is 6.61 Å². The molecule has 8 heteroatoms. The number of furan rings is 1. The Bertz CT molecular complexity index is 1110. The van der Waals surface area contributed by atoms with Crippen LogP contribution >= 0.6 is 0 Å². The number of rotatable bonds is 7. The minimum atomic E-state index is -0.333. The number of nitrogens with zero attached hydrogens (tertiary/aromatic N) is 1. The fraction of sp³-hybridized carbons (Fsp3) is 0.308. The van der Waals surface area contributed by atoms with Gasteiger partial charge in [-0.3, -0.25) is 4.79 Å². The number of ether oxygens (including phenoxy) is 1. The SMILES string of the molecule is Cc1ccc(NC(=O)NCC2CCCN(C(=O)c3ccc(COc4ccc(F)cc4)o3)C2)cc1. The number of piperidine rings is 1. The summed E-state index contributed by atoms with van der Waals surface area (Å²) in [6, 6.07) is 16.4. The highest BCUT2D eigenvalue weighted by atomic mass is 19.1. The van der Waals surface area contributed by atoms with Gasteiger partial charge < -0.3 is 24.7 Å². The van der Waals surface area contributed by atoms with E-state index in [0.717, 1.165) is 24.1 Å². The van der Waals surface area contributed by atoms with E-state index in [2.05, 4.69) is 10.6 Å². The number of anilines is 1. The van der Waals surface area contributed by atoms with E-state index in [0.29, 0.717) is 31.1 Å². The van der Waals surface area contributed by atoms with Gasteiger partial charge >= 0.3 is 6.03 Å². The van der Waals surface area contributed by atoms with Crippen molar-refractivity contribution in [2.75, 3.05) is 25.0 Å². The zero-order valence-electron chi connectivity index (χ0n) is 19.1. The Balaban J connectivity index is 1.24. The second kappa shape index (κ2) is 10.9. The Morgan fingerprint density at radius 3 is 2.62 bits per heavy atom. The molecular formula is C26H28FN3O4. The maximum absolute atomic E-state index is 13.0. The quantitative estimate of drug-likeness (QED) is 0.516. The van der Waals surface area contributed by atoms with Gasteiger partial charge in [-0.25, -0.2) is 9.18 Å². The van der Waals surface area contributed by atoms with Gasteiger partial charge in [0.25, 0.3) is 5.91 Å². The largest absolute Gasteiger partial charge is 0.486 e. The summed E-state index contributed by atoms with van der Waals surface area (Å²) in [6.07, 6.45) is 1.79. The molecule has 1 aliphatic rings. The van der Waals surface area contributed by atoms with E-state index in [9.17, 15) is 14.0 Å². The van der Waals surface area contributed by atoms with E-state index >= 15 is 0 Å². The molecule has 4 rings (SSSR count). The summed E-state index contributed by atoms with van der Waals surface area (Å²) in [5.74, 6) is 0.933. The number of aryl methyl sites for hydroxylation is 1. The van der Waals surface area contributed by atoms with Crippen molar-refractivity contribution >= 4 is 17.6 Å². The number of hydrogen-bond acceptors (Lipinski definition) is 4. The van der Waals surface area contributed by atoms with Gasteiger partial charge in [-0.15, -0.1) is 0 Å². The fourth-order valence-corrected chi connectivity index (χ4v) is 3.88. The second-order valence-electron chi connectivity index (χ2n) is 8.47. The molecule has 178 valence electrons. The van der Waals surface area contributed by atoms with Crippen molar-refractivity contribution in [1.29, 1.82) is 0 Å². The first kappa shape index (κ1) is 23.4. The van der Waals surface area contributed by atoms with Crippen LogP contribution in [0.3, 0.4) is 0 Å². The van der Waals surface area contributed by atoms with Crippen LogP contribution in [0.5, 0.6) is 5.75 Å². The molecule has 7 nitrogen and oxygen atoms in total. The smallest absolute Gasteiger partial charge is 0.319 e. The lowest BCUT2D eigenvalue weighted by molar-refractivity contribution is 0.0639. The topological polar surface area (TPSA) is 83.8 Å². The molecule has 1 atom stereocenters. The Labute approximate surface area is 197 Å². The van der Waals surface area contributed by atoms with E-state index in [4.69, 9.17) is 9.15 Å². The third kappa shape index (κ3) is 6.37. The maximum atomic E-state index is 13.0. The van der Waals surface area contributed by atoms with Crippen molar-refractivity contribution in [2.24, 2.45) is 5.92 Å². The number of likely N-dealkylation sites (tertiary alicyclic amines) is 1. The number of amides is 3. The van der Waals surface area contributed by atoms with Gasteiger partial charge in [0, 0.05) is 25.3 Å². The lowest BCUT2D eigenvalue weighted by Gasteiger charge is -2.32. The molecule has 0 radical (unpaired) electrons. The monoisotopic (exact) mass is 465 g/mol. The number of benzene rings is 2. The van der Waals surface area contributed by atoms with Crippen LogP contribution in [0.2, 0.25) is 0 Å². The first-order valence-corrected chi connectivity index (χ1v) is 11.3. The summed E-state index contributed by atoms with van der Waals surface area (Å²) in [5.41, 5.74) is 1.86. The Hall–Kier alpha value is -3.81. The van der Waals surface area contributed by atoms with Gasteiger partial charge in [0.05, 0.1) is 0 Å². The van der Waals surface area contributed by atoms with Gasteiger partial charge in [-0.2, -0.15) is 0 Å². The highest BCUT2D eigenvalue weighted by molar-refractivity contribution is 5.91. The normalized spacial score (nSPS) is 15.6. The van der Waals surface area contributed by atoms with Crippen molar-refractivity contribution in [1.82, 2.24) is 10.2 Å². The maximum Gasteiger partial charge on any atom is 0.319 e. The molecule has 1 saturated heterocycles. The third-order valence-corrected chi connectivity index (χ3v) is 5.73. The van der Waals surface area contributed by atoms with Gasteiger partial charge in [0.15, 0.2) is 5.76 Å². The van der Waals surface area contributed by atoms with Gasteiger partial charge in [-0.05, 0) is 74.2 Å². The molecule has 0 saturated carbocycles. The van der Waals surface area contributed by atoms with Crippen molar-refractivity contribution in [2.45, 2.75) is 26.4 Å². The van der Waals surface area contributed by atoms with Crippen LogP contribution in [0.15, 0.2) is 65.1 Å². The average Bonchev–Trinajstić information content (AvgIpc) is 3.33. The first-order valence-electron chi connectivity index (χ1n) is 11.3. The minimum absolute atomic E-state index is 0.140. The van der Waals surface area contributed by atoms with Crippen molar-refractivity contribution in [3.05, 3.63) is 83.6 Å². The average molecular weight is 466 g/mol. The van der Waals surface area contributed by atoms with Crippen LogP contribution in [-0.4, -0.2) is 36.5 Å². The summed E-state index contributed by atoms with van der Waals surface area (Å²) < 4.78 is 24.3. The minimum Gasteiger partial charge on any atom is -0.486 e. The number of urea groups is 1. The summed E-state index contributed by atoms with van der Waals surface area (Å²) in [6.45, 7) is 3.81. The molecule has 1 aliphatic heterocycles. The summed E-state index contributed by atoms with van der Waals surface area (Å²) in [7, 11) is 0. The Morgan fingerprint density at radius 2 is 1.85 bits per heavy atom. The number of nitrogens with one attached hydrogen (secondary N) is 2. The molecule has 2 N–H and O–H groups in total. The molecule has 1 unspecified atom stereocenters. The highest BCUT2D eigenvalue weighted by Crippen LogP contribution is 2.20. The number of halogens is 1. The molecule has 0 aliphatic carbocycles. The van der Waals surface area contributed by atoms with Crippen molar-refractivity contribution < 1.29 is 23.1 Å². The zero-order chi connectivity index (χ0) is 23.9. The predicted octanol–water partition coefficient (Wildman–Crippen LogP) is 4.98. The molecule has 2 heterocycles. The third-order valence-electron chi connectivity index (χ3n) is 5.73. The van der Waals surface area contributed by atoms with Crippen molar-refractivity contribution in [3.8, 4) is 5.75 Å². The molecule has 3 amide bonds. The Morgan fingerprint density at radius 1 is 1.09 bits per heavy atom. The first-order chi connectivity index (χ1) is 16.5. The Kier molecular flexibility index (Phi) is 7.47. The van der Waals surface area contributed by atoms with Gasteiger partial charge in [0.1, 0.15) is 23.9 Å². The summed E-state index contributed by atoms with van der Waals surface area (Å²) >= 11 is 0. The number of carbonyl (C=O) groups is 2. The van der Waals surface area contributed by atoms with Crippen LogP contribution in [0, 0.1) is 18.7 Å². The molecule has 34 heavy (non-hydrogen) atoms. The van der Waals surface area contributed by atoms with E-state index in [1.807, 2.05) is 31.2 Å². The van der Waals surface area contributed by atoms with E-state index < -0.39 is 0 Å². The predicted molar refractivity (Wildman–Crippen MR) is 126 cm³/mol. The van der Waals surface area contributed by atoms with Crippen molar-refractivity contribution in [3.63, 3.8) is 0 Å². The second-order valence-corrected chi connectivity index (χ2v) is 8.47.